The molecular formula is C17H23N3O4. The summed E-state index contributed by atoms with van der Waals surface area (Å²) >= 11 is 0. The highest BCUT2D eigenvalue weighted by Crippen LogP contribution is 2.23. The van der Waals surface area contributed by atoms with E-state index in [1.165, 1.54) is 0 Å². The second-order valence-corrected chi connectivity index (χ2v) is 6.21. The van der Waals surface area contributed by atoms with Crippen molar-refractivity contribution < 1.29 is 19.5 Å². The van der Waals surface area contributed by atoms with Crippen molar-refractivity contribution in [3.8, 4) is 0 Å². The van der Waals surface area contributed by atoms with E-state index in [2.05, 4.69) is 5.32 Å². The van der Waals surface area contributed by atoms with E-state index >= 15 is 0 Å². The third-order valence-electron chi connectivity index (χ3n) is 4.33. The molecule has 3 amide bonds. The van der Waals surface area contributed by atoms with Gasteiger partial charge in [0.25, 0.3) is 0 Å². The second-order valence-electron chi connectivity index (χ2n) is 6.21. The minimum Gasteiger partial charge on any atom is -0.481 e. The van der Waals surface area contributed by atoms with Crippen molar-refractivity contribution in [2.45, 2.75) is 32.6 Å². The van der Waals surface area contributed by atoms with Gasteiger partial charge in [0, 0.05) is 30.8 Å². The van der Waals surface area contributed by atoms with E-state index in [4.69, 9.17) is 10.8 Å². The van der Waals surface area contributed by atoms with Gasteiger partial charge >= 0.3 is 12.0 Å². The van der Waals surface area contributed by atoms with Crippen molar-refractivity contribution in [1.82, 2.24) is 4.90 Å². The summed E-state index contributed by atoms with van der Waals surface area (Å²) in [5.74, 6) is -1.09. The number of nitrogens with two attached hydrogens (primary N) is 1. The fourth-order valence-corrected chi connectivity index (χ4v) is 2.96. The van der Waals surface area contributed by atoms with E-state index < -0.39 is 11.9 Å². The zero-order valence-corrected chi connectivity index (χ0v) is 13.7. The van der Waals surface area contributed by atoms with E-state index in [1.807, 2.05) is 0 Å². The van der Waals surface area contributed by atoms with Gasteiger partial charge in [0.05, 0.1) is 0 Å². The number of rotatable bonds is 5. The maximum absolute atomic E-state index is 12.4. The average Bonchev–Trinajstić information content (AvgIpc) is 2.54. The first-order valence-corrected chi connectivity index (χ1v) is 8.05. The molecule has 1 unspecified atom stereocenters. The molecule has 0 saturated carbocycles. The SMILES string of the molecule is Cc1cc(C(N)=O)ccc1NC(=O)N1CCCC(CCC(=O)O)C1. The number of nitrogens with zero attached hydrogens (tertiary/aromatic N) is 1. The number of primary amides is 1. The van der Waals surface area contributed by atoms with Gasteiger partial charge in [-0.15, -0.1) is 0 Å². The molecule has 1 fully saturated rings. The first-order chi connectivity index (χ1) is 11.4. The Morgan fingerprint density at radius 2 is 2.12 bits per heavy atom. The van der Waals surface area contributed by atoms with Crippen molar-refractivity contribution in [3.63, 3.8) is 0 Å². The van der Waals surface area contributed by atoms with Gasteiger partial charge in [-0.05, 0) is 55.9 Å². The van der Waals surface area contributed by atoms with E-state index in [9.17, 15) is 14.4 Å². The Morgan fingerprint density at radius 1 is 1.38 bits per heavy atom. The van der Waals surface area contributed by atoms with Crippen LogP contribution in [0, 0.1) is 12.8 Å². The Morgan fingerprint density at radius 3 is 2.75 bits per heavy atom. The molecule has 4 N–H and O–H groups in total. The van der Waals surface area contributed by atoms with Crippen LogP contribution in [0.15, 0.2) is 18.2 Å². The lowest BCUT2D eigenvalue weighted by molar-refractivity contribution is -0.137. The van der Waals surface area contributed by atoms with Crippen molar-refractivity contribution in [3.05, 3.63) is 29.3 Å². The van der Waals surface area contributed by atoms with Crippen LogP contribution in [-0.2, 0) is 4.79 Å². The van der Waals surface area contributed by atoms with Crippen LogP contribution in [0.5, 0.6) is 0 Å². The summed E-state index contributed by atoms with van der Waals surface area (Å²) in [5, 5.41) is 11.6. The lowest BCUT2D eigenvalue weighted by Gasteiger charge is -2.32. The molecular weight excluding hydrogens is 310 g/mol. The number of hydrogen-bond acceptors (Lipinski definition) is 3. The summed E-state index contributed by atoms with van der Waals surface area (Å²) in [5.41, 5.74) is 7.04. The van der Waals surface area contributed by atoms with Gasteiger partial charge in [-0.3, -0.25) is 9.59 Å². The number of aryl methyl sites for hydroxylation is 1. The number of carbonyl (C=O) groups excluding carboxylic acids is 2. The minimum absolute atomic E-state index is 0.133. The topological polar surface area (TPSA) is 113 Å². The number of likely N-dealkylation sites (tertiary alicyclic amines) is 1. The predicted molar refractivity (Wildman–Crippen MR) is 89.9 cm³/mol. The van der Waals surface area contributed by atoms with Crippen LogP contribution in [0.3, 0.4) is 0 Å². The normalized spacial score (nSPS) is 17.4. The number of aliphatic carboxylic acids is 1. The second kappa shape index (κ2) is 7.81. The largest absolute Gasteiger partial charge is 0.481 e. The first kappa shape index (κ1) is 17.8. The van der Waals surface area contributed by atoms with Crippen molar-refractivity contribution in [1.29, 1.82) is 0 Å². The summed E-state index contributed by atoms with van der Waals surface area (Å²) in [6.45, 7) is 3.03. The monoisotopic (exact) mass is 333 g/mol. The maximum atomic E-state index is 12.4. The van der Waals surface area contributed by atoms with E-state index in [0.29, 0.717) is 30.8 Å². The van der Waals surface area contributed by atoms with Crippen LogP contribution in [0.25, 0.3) is 0 Å². The minimum atomic E-state index is -0.804. The zero-order valence-electron chi connectivity index (χ0n) is 13.7. The van der Waals surface area contributed by atoms with Crippen LogP contribution in [0.2, 0.25) is 0 Å². The third-order valence-corrected chi connectivity index (χ3v) is 4.33. The Balaban J connectivity index is 1.96. The van der Waals surface area contributed by atoms with Crippen molar-refractivity contribution in [2.75, 3.05) is 18.4 Å². The smallest absolute Gasteiger partial charge is 0.321 e. The highest BCUT2D eigenvalue weighted by atomic mass is 16.4. The van der Waals surface area contributed by atoms with Gasteiger partial charge < -0.3 is 21.1 Å². The van der Waals surface area contributed by atoms with Gasteiger partial charge in [0.15, 0.2) is 0 Å². The molecule has 0 spiro atoms. The summed E-state index contributed by atoms with van der Waals surface area (Å²) in [7, 11) is 0. The maximum Gasteiger partial charge on any atom is 0.321 e. The summed E-state index contributed by atoms with van der Waals surface area (Å²) in [6.07, 6.45) is 2.54. The number of carbonyl (C=O) groups is 3. The van der Waals surface area contributed by atoms with Gasteiger partial charge in [0.1, 0.15) is 0 Å². The molecule has 1 heterocycles. The van der Waals surface area contributed by atoms with E-state index in [0.717, 1.165) is 18.4 Å². The summed E-state index contributed by atoms with van der Waals surface area (Å²) in [4.78, 5) is 36.0. The number of piperidine rings is 1. The number of hydrogen-bond donors (Lipinski definition) is 3. The molecule has 7 nitrogen and oxygen atoms in total. The van der Waals surface area contributed by atoms with Crippen LogP contribution >= 0.6 is 0 Å². The van der Waals surface area contributed by atoms with Crippen LogP contribution in [0.1, 0.15) is 41.6 Å². The fraction of sp³-hybridized carbons (Fsp3) is 0.471. The average molecular weight is 333 g/mol. The Hall–Kier alpha value is -2.57. The van der Waals surface area contributed by atoms with Crippen LogP contribution in [-0.4, -0.2) is 41.0 Å². The summed E-state index contributed by atoms with van der Waals surface area (Å²) < 4.78 is 0. The molecule has 24 heavy (non-hydrogen) atoms. The molecule has 1 atom stereocenters. The number of urea groups is 1. The van der Waals surface area contributed by atoms with Gasteiger partial charge in [0.2, 0.25) is 5.91 Å². The number of benzene rings is 1. The molecule has 2 rings (SSSR count). The molecule has 0 bridgehead atoms. The Bertz CT molecular complexity index is 645. The zero-order chi connectivity index (χ0) is 17.7. The number of anilines is 1. The number of nitrogens with one attached hydrogen (secondary N) is 1. The highest BCUT2D eigenvalue weighted by Gasteiger charge is 2.24. The quantitative estimate of drug-likeness (QED) is 0.766. The molecule has 7 heteroatoms. The van der Waals surface area contributed by atoms with Crippen molar-refractivity contribution >= 4 is 23.6 Å². The molecule has 0 radical (unpaired) electrons. The Labute approximate surface area is 140 Å². The highest BCUT2D eigenvalue weighted by molar-refractivity contribution is 5.95. The molecule has 0 aliphatic carbocycles. The molecule has 130 valence electrons. The molecule has 0 aromatic heterocycles. The molecule has 1 aliphatic rings. The van der Waals surface area contributed by atoms with Gasteiger partial charge in [-0.1, -0.05) is 0 Å². The molecule has 1 aliphatic heterocycles. The fourth-order valence-electron chi connectivity index (χ4n) is 2.96. The van der Waals surface area contributed by atoms with Gasteiger partial charge in [-0.2, -0.15) is 0 Å². The lowest BCUT2D eigenvalue weighted by Crippen LogP contribution is -2.42. The van der Waals surface area contributed by atoms with Crippen LogP contribution < -0.4 is 11.1 Å². The molecule has 1 saturated heterocycles. The number of carboxylic acids is 1. The van der Waals surface area contributed by atoms with Gasteiger partial charge in [-0.25, -0.2) is 4.79 Å². The lowest BCUT2D eigenvalue weighted by atomic mass is 9.93. The first-order valence-electron chi connectivity index (χ1n) is 8.05. The van der Waals surface area contributed by atoms with E-state index in [-0.39, 0.29) is 18.4 Å². The molecule has 1 aromatic carbocycles. The Kier molecular flexibility index (Phi) is 5.78. The summed E-state index contributed by atoms with van der Waals surface area (Å²) in [6, 6.07) is 4.68. The van der Waals surface area contributed by atoms with Crippen LogP contribution in [0.4, 0.5) is 10.5 Å². The molecule has 1 aromatic rings. The van der Waals surface area contributed by atoms with E-state index in [1.54, 1.807) is 30.0 Å². The van der Waals surface area contributed by atoms with Crippen molar-refractivity contribution in [2.24, 2.45) is 11.7 Å². The standard InChI is InChI=1S/C17H23N3O4/c1-11-9-13(16(18)23)5-6-14(11)19-17(24)20-8-2-3-12(10-20)4-7-15(21)22/h5-6,9,12H,2-4,7-8,10H2,1H3,(H2,18,23)(H,19,24)(H,21,22). The third kappa shape index (κ3) is 4.71. The number of amides is 3. The number of carboxylic acid groups (broad SMARTS) is 1. The predicted octanol–water partition coefficient (Wildman–Crippen LogP) is 2.20.